The van der Waals surface area contributed by atoms with Crippen LogP contribution < -0.4 is 5.32 Å². The number of ether oxygens (including phenoxy) is 1. The Morgan fingerprint density at radius 3 is 2.88 bits per heavy atom. The van der Waals surface area contributed by atoms with Crippen molar-refractivity contribution >= 4 is 5.91 Å². The van der Waals surface area contributed by atoms with E-state index in [-0.39, 0.29) is 18.1 Å². The molecule has 0 aromatic carbocycles. The lowest BCUT2D eigenvalue weighted by Gasteiger charge is -2.26. The molecule has 2 atom stereocenters. The highest BCUT2D eigenvalue weighted by atomic mass is 16.5. The normalized spacial score (nSPS) is 29.6. The van der Waals surface area contributed by atoms with E-state index in [9.17, 15) is 4.79 Å². The molecular formula is C12H22N2O2. The molecule has 0 aliphatic carbocycles. The first kappa shape index (κ1) is 11.9. The first-order chi connectivity index (χ1) is 7.81. The van der Waals surface area contributed by atoms with Crippen LogP contribution >= 0.6 is 0 Å². The molecule has 0 bridgehead atoms. The fourth-order valence-corrected chi connectivity index (χ4v) is 2.52. The third-order valence-corrected chi connectivity index (χ3v) is 3.50. The number of amides is 1. The first-order valence-corrected chi connectivity index (χ1v) is 6.45. The molecular weight excluding hydrogens is 204 g/mol. The van der Waals surface area contributed by atoms with Crippen molar-refractivity contribution in [2.75, 3.05) is 26.2 Å². The Labute approximate surface area is 97.3 Å². The fourth-order valence-electron chi connectivity index (χ4n) is 2.52. The molecule has 0 spiro atoms. The Bertz CT molecular complexity index is 233. The van der Waals surface area contributed by atoms with Crippen LogP contribution in [0.15, 0.2) is 0 Å². The standard InChI is InChI=1S/C12H22N2O2/c1-2-14(9-10-5-4-8-16-10)12(15)11-6-3-7-13-11/h10-11,13H,2-9H2,1H3/t10?,11-/m0/s1. The summed E-state index contributed by atoms with van der Waals surface area (Å²) < 4.78 is 5.58. The largest absolute Gasteiger partial charge is 0.376 e. The Balaban J connectivity index is 1.84. The van der Waals surface area contributed by atoms with Gasteiger partial charge in [-0.05, 0) is 39.2 Å². The molecule has 1 unspecified atom stereocenters. The van der Waals surface area contributed by atoms with Crippen LogP contribution in [0, 0.1) is 0 Å². The number of rotatable bonds is 4. The van der Waals surface area contributed by atoms with Gasteiger partial charge in [0.05, 0.1) is 12.1 Å². The molecule has 2 aliphatic heterocycles. The van der Waals surface area contributed by atoms with Crippen LogP contribution in [-0.4, -0.2) is 49.2 Å². The molecule has 0 aromatic rings. The monoisotopic (exact) mass is 226 g/mol. The molecule has 2 aliphatic rings. The highest BCUT2D eigenvalue weighted by Crippen LogP contribution is 2.15. The zero-order valence-corrected chi connectivity index (χ0v) is 10.1. The maximum atomic E-state index is 12.2. The van der Waals surface area contributed by atoms with E-state index >= 15 is 0 Å². The minimum atomic E-state index is 0.0568. The molecule has 1 amide bonds. The van der Waals surface area contributed by atoms with E-state index in [0.29, 0.717) is 0 Å². The van der Waals surface area contributed by atoms with Gasteiger partial charge in [0, 0.05) is 19.7 Å². The average Bonchev–Trinajstić information content (AvgIpc) is 2.97. The summed E-state index contributed by atoms with van der Waals surface area (Å²) in [7, 11) is 0. The van der Waals surface area contributed by atoms with Gasteiger partial charge >= 0.3 is 0 Å². The highest BCUT2D eigenvalue weighted by molar-refractivity contribution is 5.82. The summed E-state index contributed by atoms with van der Waals surface area (Å²) in [6.45, 7) is 5.44. The van der Waals surface area contributed by atoms with Crippen molar-refractivity contribution in [1.82, 2.24) is 10.2 Å². The molecule has 0 aromatic heterocycles. The number of carbonyl (C=O) groups is 1. The van der Waals surface area contributed by atoms with E-state index in [1.807, 2.05) is 11.8 Å². The van der Waals surface area contributed by atoms with Gasteiger partial charge in [-0.15, -0.1) is 0 Å². The quantitative estimate of drug-likeness (QED) is 0.769. The molecule has 2 rings (SSSR count). The zero-order chi connectivity index (χ0) is 11.4. The Morgan fingerprint density at radius 1 is 1.44 bits per heavy atom. The van der Waals surface area contributed by atoms with Crippen LogP contribution in [0.3, 0.4) is 0 Å². The molecule has 0 saturated carbocycles. The summed E-state index contributed by atoms with van der Waals surface area (Å²) in [5.41, 5.74) is 0. The molecule has 4 nitrogen and oxygen atoms in total. The van der Waals surface area contributed by atoms with E-state index in [2.05, 4.69) is 5.32 Å². The van der Waals surface area contributed by atoms with E-state index in [1.165, 1.54) is 0 Å². The SMILES string of the molecule is CCN(CC1CCCO1)C(=O)[C@@H]1CCCN1. The molecule has 16 heavy (non-hydrogen) atoms. The van der Waals surface area contributed by atoms with Gasteiger partial charge < -0.3 is 15.0 Å². The topological polar surface area (TPSA) is 41.6 Å². The van der Waals surface area contributed by atoms with Crippen LogP contribution in [0.1, 0.15) is 32.6 Å². The van der Waals surface area contributed by atoms with Crippen molar-refractivity contribution in [3.05, 3.63) is 0 Å². The smallest absolute Gasteiger partial charge is 0.239 e. The van der Waals surface area contributed by atoms with Crippen molar-refractivity contribution < 1.29 is 9.53 Å². The predicted molar refractivity (Wildman–Crippen MR) is 62.3 cm³/mol. The number of nitrogens with zero attached hydrogens (tertiary/aromatic N) is 1. The molecule has 4 heteroatoms. The molecule has 2 saturated heterocycles. The lowest BCUT2D eigenvalue weighted by molar-refractivity contribution is -0.134. The van der Waals surface area contributed by atoms with Crippen molar-refractivity contribution in [2.24, 2.45) is 0 Å². The number of carbonyl (C=O) groups excluding carboxylic acids is 1. The van der Waals surface area contributed by atoms with Gasteiger partial charge in [0.1, 0.15) is 0 Å². The van der Waals surface area contributed by atoms with Gasteiger partial charge in [0.25, 0.3) is 0 Å². The van der Waals surface area contributed by atoms with Gasteiger partial charge in [-0.2, -0.15) is 0 Å². The van der Waals surface area contributed by atoms with E-state index in [1.54, 1.807) is 0 Å². The van der Waals surface area contributed by atoms with Crippen molar-refractivity contribution in [2.45, 2.75) is 44.8 Å². The Hall–Kier alpha value is -0.610. The van der Waals surface area contributed by atoms with Gasteiger partial charge in [-0.1, -0.05) is 0 Å². The summed E-state index contributed by atoms with van der Waals surface area (Å²) in [6, 6.07) is 0.0568. The van der Waals surface area contributed by atoms with Gasteiger partial charge in [-0.25, -0.2) is 0 Å². The Morgan fingerprint density at radius 2 is 2.31 bits per heavy atom. The van der Waals surface area contributed by atoms with Gasteiger partial charge in [-0.3, -0.25) is 4.79 Å². The minimum absolute atomic E-state index is 0.0568. The lowest BCUT2D eigenvalue weighted by Crippen LogP contribution is -2.46. The average molecular weight is 226 g/mol. The zero-order valence-electron chi connectivity index (χ0n) is 10.1. The maximum absolute atomic E-state index is 12.2. The number of hydrogen-bond donors (Lipinski definition) is 1. The molecule has 1 N–H and O–H groups in total. The minimum Gasteiger partial charge on any atom is -0.376 e. The van der Waals surface area contributed by atoms with Crippen LogP contribution in [0.25, 0.3) is 0 Å². The maximum Gasteiger partial charge on any atom is 0.239 e. The van der Waals surface area contributed by atoms with Crippen LogP contribution in [0.5, 0.6) is 0 Å². The van der Waals surface area contributed by atoms with Gasteiger partial charge in [0.15, 0.2) is 0 Å². The second-order valence-electron chi connectivity index (χ2n) is 4.66. The predicted octanol–water partition coefficient (Wildman–Crippen LogP) is 0.766. The summed E-state index contributed by atoms with van der Waals surface area (Å²) in [5, 5.41) is 3.26. The lowest BCUT2D eigenvalue weighted by atomic mass is 10.1. The van der Waals surface area contributed by atoms with E-state index in [4.69, 9.17) is 4.74 Å². The molecule has 2 heterocycles. The number of nitrogens with one attached hydrogen (secondary N) is 1. The summed E-state index contributed by atoms with van der Waals surface area (Å²) in [5.74, 6) is 0.260. The van der Waals surface area contributed by atoms with Crippen LogP contribution in [-0.2, 0) is 9.53 Å². The number of hydrogen-bond acceptors (Lipinski definition) is 3. The van der Waals surface area contributed by atoms with Crippen molar-refractivity contribution in [1.29, 1.82) is 0 Å². The second-order valence-corrected chi connectivity index (χ2v) is 4.66. The first-order valence-electron chi connectivity index (χ1n) is 6.45. The van der Waals surface area contributed by atoms with E-state index in [0.717, 1.165) is 51.9 Å². The molecule has 2 fully saturated rings. The second kappa shape index (κ2) is 5.64. The Kier molecular flexibility index (Phi) is 4.18. The van der Waals surface area contributed by atoms with E-state index < -0.39 is 0 Å². The summed E-state index contributed by atoms with van der Waals surface area (Å²) in [6.07, 6.45) is 4.61. The summed E-state index contributed by atoms with van der Waals surface area (Å²) in [4.78, 5) is 14.1. The molecule has 92 valence electrons. The summed E-state index contributed by atoms with van der Waals surface area (Å²) >= 11 is 0. The fraction of sp³-hybridized carbons (Fsp3) is 0.917. The van der Waals surface area contributed by atoms with Crippen LogP contribution in [0.4, 0.5) is 0 Å². The van der Waals surface area contributed by atoms with Gasteiger partial charge in [0.2, 0.25) is 5.91 Å². The highest BCUT2D eigenvalue weighted by Gasteiger charge is 2.28. The van der Waals surface area contributed by atoms with Crippen LogP contribution in [0.2, 0.25) is 0 Å². The van der Waals surface area contributed by atoms with Crippen molar-refractivity contribution in [3.8, 4) is 0 Å². The molecule has 0 radical (unpaired) electrons. The number of likely N-dealkylation sites (N-methyl/N-ethyl adjacent to an activating group) is 1. The third-order valence-electron chi connectivity index (χ3n) is 3.50. The van der Waals surface area contributed by atoms with Crippen molar-refractivity contribution in [3.63, 3.8) is 0 Å². The third kappa shape index (κ3) is 2.74.